The molecule has 0 fully saturated rings. The Balaban J connectivity index is 2.96. The fourth-order valence-electron chi connectivity index (χ4n) is 1.85. The molecule has 0 aliphatic carbocycles. The number of hydrogen-bond acceptors (Lipinski definition) is 4. The highest BCUT2D eigenvalue weighted by atomic mass is 16.4. The first-order valence-corrected chi connectivity index (χ1v) is 6.52. The van der Waals surface area contributed by atoms with Crippen molar-refractivity contribution in [2.24, 2.45) is 10.9 Å². The van der Waals surface area contributed by atoms with Gasteiger partial charge in [-0.15, -0.1) is 0 Å². The summed E-state index contributed by atoms with van der Waals surface area (Å²) in [6, 6.07) is 7.38. The maximum atomic E-state index is 12.5. The van der Waals surface area contributed by atoms with Crippen LogP contribution in [-0.4, -0.2) is 49.0 Å². The summed E-state index contributed by atoms with van der Waals surface area (Å²) in [5, 5.41) is 11.6. The van der Waals surface area contributed by atoms with Gasteiger partial charge in [0.2, 0.25) is 0 Å². The Morgan fingerprint density at radius 1 is 1.40 bits per heavy atom. The zero-order valence-electron chi connectivity index (χ0n) is 12.2. The highest BCUT2D eigenvalue weighted by Crippen LogP contribution is 2.15. The molecule has 110 valence electrons. The van der Waals surface area contributed by atoms with E-state index in [1.165, 1.54) is 0 Å². The molecule has 1 amide bonds. The Kier molecular flexibility index (Phi) is 5.83. The van der Waals surface area contributed by atoms with Crippen LogP contribution in [0, 0.1) is 0 Å². The zero-order chi connectivity index (χ0) is 15.1. The van der Waals surface area contributed by atoms with Gasteiger partial charge in [0, 0.05) is 31.9 Å². The van der Waals surface area contributed by atoms with Gasteiger partial charge in [-0.25, -0.2) is 0 Å². The molecule has 6 heteroatoms. The predicted molar refractivity (Wildman–Crippen MR) is 80.4 cm³/mol. The van der Waals surface area contributed by atoms with Crippen LogP contribution in [-0.2, 0) is 0 Å². The number of oxime groups is 1. The first-order chi connectivity index (χ1) is 9.49. The minimum Gasteiger partial charge on any atom is -0.409 e. The maximum absolute atomic E-state index is 12.5. The standard InChI is InChI=1S/C14H22N4O2/c1-4-8-18(10-13(15)16-20)14(19)11-6-5-7-12(9-11)17(2)3/h5-7,9,20H,4,8,10H2,1-3H3,(H2,15,16). The van der Waals surface area contributed by atoms with Gasteiger partial charge in [0.15, 0.2) is 5.84 Å². The van der Waals surface area contributed by atoms with Gasteiger partial charge in [-0.3, -0.25) is 4.79 Å². The van der Waals surface area contributed by atoms with Crippen molar-refractivity contribution >= 4 is 17.4 Å². The average molecular weight is 278 g/mol. The third-order valence-corrected chi connectivity index (χ3v) is 2.87. The molecule has 0 saturated carbocycles. The van der Waals surface area contributed by atoms with Crippen LogP contribution in [0.3, 0.4) is 0 Å². The number of amidine groups is 1. The number of anilines is 1. The minimum absolute atomic E-state index is 0.0237. The van der Waals surface area contributed by atoms with Gasteiger partial charge in [-0.1, -0.05) is 18.1 Å². The Bertz CT molecular complexity index is 486. The van der Waals surface area contributed by atoms with Gasteiger partial charge in [0.25, 0.3) is 5.91 Å². The first kappa shape index (κ1) is 15.8. The van der Waals surface area contributed by atoms with Crippen molar-refractivity contribution in [2.75, 3.05) is 32.1 Å². The van der Waals surface area contributed by atoms with Crippen LogP contribution in [0.5, 0.6) is 0 Å². The number of benzene rings is 1. The lowest BCUT2D eigenvalue weighted by molar-refractivity contribution is 0.0778. The van der Waals surface area contributed by atoms with Crippen molar-refractivity contribution in [2.45, 2.75) is 13.3 Å². The molecule has 0 aliphatic rings. The molecule has 1 rings (SSSR count). The van der Waals surface area contributed by atoms with Gasteiger partial charge >= 0.3 is 0 Å². The fourth-order valence-corrected chi connectivity index (χ4v) is 1.85. The summed E-state index contributed by atoms with van der Waals surface area (Å²) < 4.78 is 0. The Morgan fingerprint density at radius 3 is 2.65 bits per heavy atom. The van der Waals surface area contributed by atoms with Crippen LogP contribution in [0.2, 0.25) is 0 Å². The number of amides is 1. The molecule has 0 aromatic heterocycles. The van der Waals surface area contributed by atoms with E-state index in [0.717, 1.165) is 12.1 Å². The number of rotatable bonds is 6. The first-order valence-electron chi connectivity index (χ1n) is 6.52. The van der Waals surface area contributed by atoms with Gasteiger partial charge in [-0.2, -0.15) is 0 Å². The summed E-state index contributed by atoms with van der Waals surface area (Å²) in [4.78, 5) is 16.0. The topological polar surface area (TPSA) is 82.2 Å². The fraction of sp³-hybridized carbons (Fsp3) is 0.429. The van der Waals surface area contributed by atoms with Crippen molar-refractivity contribution in [1.29, 1.82) is 0 Å². The van der Waals surface area contributed by atoms with Crippen molar-refractivity contribution in [3.63, 3.8) is 0 Å². The van der Waals surface area contributed by atoms with Crippen LogP contribution >= 0.6 is 0 Å². The van der Waals surface area contributed by atoms with Crippen molar-refractivity contribution in [1.82, 2.24) is 4.90 Å². The smallest absolute Gasteiger partial charge is 0.254 e. The Hall–Kier alpha value is -2.24. The van der Waals surface area contributed by atoms with E-state index in [0.29, 0.717) is 12.1 Å². The van der Waals surface area contributed by atoms with E-state index < -0.39 is 0 Å². The molecule has 1 aromatic carbocycles. The van der Waals surface area contributed by atoms with Gasteiger partial charge in [0.1, 0.15) is 0 Å². The number of carbonyl (C=O) groups excluding carboxylic acids is 1. The molecule has 20 heavy (non-hydrogen) atoms. The predicted octanol–water partition coefficient (Wildman–Crippen LogP) is 1.35. The monoisotopic (exact) mass is 278 g/mol. The van der Waals surface area contributed by atoms with E-state index in [1.807, 2.05) is 44.1 Å². The molecule has 0 spiro atoms. The largest absolute Gasteiger partial charge is 0.409 e. The lowest BCUT2D eigenvalue weighted by atomic mass is 10.1. The molecule has 0 heterocycles. The number of hydrogen-bond donors (Lipinski definition) is 2. The molecule has 6 nitrogen and oxygen atoms in total. The molecular weight excluding hydrogens is 256 g/mol. The summed E-state index contributed by atoms with van der Waals surface area (Å²) >= 11 is 0. The van der Waals surface area contributed by atoms with Crippen LogP contribution in [0.25, 0.3) is 0 Å². The molecule has 0 bridgehead atoms. The summed E-state index contributed by atoms with van der Waals surface area (Å²) in [6.45, 7) is 2.65. The molecule has 0 unspecified atom stereocenters. The van der Waals surface area contributed by atoms with Crippen LogP contribution in [0.15, 0.2) is 29.4 Å². The minimum atomic E-state index is -0.123. The highest BCUT2D eigenvalue weighted by molar-refractivity contribution is 5.97. The second-order valence-corrected chi connectivity index (χ2v) is 4.76. The summed E-state index contributed by atoms with van der Waals surface area (Å²) in [6.07, 6.45) is 0.803. The SMILES string of the molecule is CCCN(CC(N)=NO)C(=O)c1cccc(N(C)C)c1. The van der Waals surface area contributed by atoms with E-state index >= 15 is 0 Å². The third-order valence-electron chi connectivity index (χ3n) is 2.87. The molecular formula is C14H22N4O2. The van der Waals surface area contributed by atoms with Crippen LogP contribution in [0.4, 0.5) is 5.69 Å². The number of carbonyl (C=O) groups is 1. The van der Waals surface area contributed by atoms with E-state index in [2.05, 4.69) is 5.16 Å². The second-order valence-electron chi connectivity index (χ2n) is 4.76. The number of nitrogens with zero attached hydrogens (tertiary/aromatic N) is 3. The van der Waals surface area contributed by atoms with Gasteiger partial charge < -0.3 is 20.7 Å². The third kappa shape index (κ3) is 4.15. The van der Waals surface area contributed by atoms with E-state index in [-0.39, 0.29) is 18.3 Å². The number of nitrogens with two attached hydrogens (primary N) is 1. The second kappa shape index (κ2) is 7.37. The van der Waals surface area contributed by atoms with E-state index in [9.17, 15) is 4.79 Å². The molecule has 0 radical (unpaired) electrons. The summed E-state index contributed by atoms with van der Waals surface area (Å²) in [5.41, 5.74) is 7.04. The Labute approximate surface area is 119 Å². The van der Waals surface area contributed by atoms with Crippen molar-refractivity contribution < 1.29 is 10.0 Å². The lowest BCUT2D eigenvalue weighted by Gasteiger charge is -2.22. The zero-order valence-corrected chi connectivity index (χ0v) is 12.2. The van der Waals surface area contributed by atoms with Crippen LogP contribution < -0.4 is 10.6 Å². The summed E-state index contributed by atoms with van der Waals surface area (Å²) in [7, 11) is 3.84. The molecule has 3 N–H and O–H groups in total. The van der Waals surface area contributed by atoms with E-state index in [1.54, 1.807) is 11.0 Å². The lowest BCUT2D eigenvalue weighted by Crippen LogP contribution is -2.39. The maximum Gasteiger partial charge on any atom is 0.254 e. The van der Waals surface area contributed by atoms with Crippen molar-refractivity contribution in [3.05, 3.63) is 29.8 Å². The average Bonchev–Trinajstić information content (AvgIpc) is 2.45. The van der Waals surface area contributed by atoms with Crippen molar-refractivity contribution in [3.8, 4) is 0 Å². The quantitative estimate of drug-likeness (QED) is 0.356. The normalized spacial score (nSPS) is 11.2. The van der Waals surface area contributed by atoms with E-state index in [4.69, 9.17) is 10.9 Å². The molecule has 0 atom stereocenters. The molecule has 0 aliphatic heterocycles. The summed E-state index contributed by atoms with van der Waals surface area (Å²) in [5.74, 6) is -0.0993. The van der Waals surface area contributed by atoms with Gasteiger partial charge in [-0.05, 0) is 24.6 Å². The van der Waals surface area contributed by atoms with Crippen LogP contribution in [0.1, 0.15) is 23.7 Å². The molecule has 1 aromatic rings. The molecule has 0 saturated heterocycles. The Morgan fingerprint density at radius 2 is 2.10 bits per heavy atom. The highest BCUT2D eigenvalue weighted by Gasteiger charge is 2.17. The van der Waals surface area contributed by atoms with Gasteiger partial charge in [0.05, 0.1) is 6.54 Å².